The second-order valence-corrected chi connectivity index (χ2v) is 13.2. The van der Waals surface area contributed by atoms with Gasteiger partial charge in [0.15, 0.2) is 5.78 Å². The predicted molar refractivity (Wildman–Crippen MR) is 120 cm³/mol. The summed E-state index contributed by atoms with van der Waals surface area (Å²) in [4.78, 5) is 24.5. The van der Waals surface area contributed by atoms with Crippen molar-refractivity contribution in [1.82, 2.24) is 0 Å². The van der Waals surface area contributed by atoms with E-state index in [0.717, 1.165) is 25.0 Å². The molecule has 1 aromatic rings. The zero-order valence-corrected chi connectivity index (χ0v) is 20.6. The first-order valence-corrected chi connectivity index (χ1v) is 14.7. The van der Waals surface area contributed by atoms with E-state index in [1.54, 1.807) is 0 Å². The summed E-state index contributed by atoms with van der Waals surface area (Å²) in [5.74, 6) is -3.41. The van der Waals surface area contributed by atoms with Crippen molar-refractivity contribution >= 4 is 48.1 Å². The van der Waals surface area contributed by atoms with Crippen LogP contribution in [0.3, 0.4) is 0 Å². The highest BCUT2D eigenvalue weighted by Crippen LogP contribution is 2.56. The summed E-state index contributed by atoms with van der Waals surface area (Å²) in [6, 6.07) is 4.64. The second-order valence-electron chi connectivity index (χ2n) is 7.43. The number of carbonyl (C=O) groups is 2. The number of Topliss-reactive ketones (excluding diaryl/α,β-unsaturated/α-hetero) is 1. The van der Waals surface area contributed by atoms with Gasteiger partial charge in [0.1, 0.15) is 5.82 Å². The molecule has 182 valence electrons. The molecule has 32 heavy (non-hydrogen) atoms. The van der Waals surface area contributed by atoms with E-state index in [1.165, 1.54) is 12.1 Å². The molecule has 0 aromatic heterocycles. The summed E-state index contributed by atoms with van der Waals surface area (Å²) in [5, 5.41) is -4.18. The van der Waals surface area contributed by atoms with Gasteiger partial charge in [0, 0.05) is 22.4 Å². The lowest BCUT2D eigenvalue weighted by atomic mass is 10.1. The van der Waals surface area contributed by atoms with Crippen molar-refractivity contribution in [2.45, 2.75) is 43.8 Å². The highest BCUT2D eigenvalue weighted by molar-refractivity contribution is 9.09. The van der Waals surface area contributed by atoms with Gasteiger partial charge in [-0.1, -0.05) is 22.4 Å². The normalized spacial score (nSPS) is 17.5. The Morgan fingerprint density at radius 3 is 2.25 bits per heavy atom. The van der Waals surface area contributed by atoms with Crippen LogP contribution in [0.15, 0.2) is 24.3 Å². The van der Waals surface area contributed by atoms with Gasteiger partial charge in [0.05, 0.1) is 12.4 Å². The van der Waals surface area contributed by atoms with E-state index in [4.69, 9.17) is 3.63 Å². The Hall–Kier alpha value is -1.11. The molecular weight excluding hydrogens is 537 g/mol. The first kappa shape index (κ1) is 27.1. The van der Waals surface area contributed by atoms with Gasteiger partial charge in [0.2, 0.25) is 0 Å². The first-order valence-electron chi connectivity index (χ1n) is 10.1. The molecule has 1 fully saturated rings. The molecule has 0 unspecified atom stereocenters. The number of ether oxygens (including phenoxy) is 1. The minimum atomic E-state index is -5.69. The number of unbranched alkanes of at least 4 members (excludes halogenated alkanes) is 2. The Morgan fingerprint density at radius 1 is 1.03 bits per heavy atom. The zero-order valence-electron chi connectivity index (χ0n) is 17.4. The van der Waals surface area contributed by atoms with Crippen molar-refractivity contribution < 1.29 is 39.5 Å². The van der Waals surface area contributed by atoms with E-state index < -0.39 is 49.0 Å². The van der Waals surface area contributed by atoms with Crippen LogP contribution in [0.25, 0.3) is 0 Å². The highest BCUT2D eigenvalue weighted by Gasteiger charge is 2.58. The van der Waals surface area contributed by atoms with Crippen molar-refractivity contribution in [3.05, 3.63) is 35.6 Å². The average molecular weight is 563 g/mol. The Bertz CT molecular complexity index is 887. The maximum absolute atomic E-state index is 14.5. The molecule has 1 aliphatic rings. The van der Waals surface area contributed by atoms with Gasteiger partial charge in [-0.15, -0.1) is 10.3 Å². The van der Waals surface area contributed by atoms with Crippen LogP contribution in [0.1, 0.15) is 48.9 Å². The van der Waals surface area contributed by atoms with Gasteiger partial charge in [-0.3, -0.25) is 4.79 Å². The number of hydrogen-bond acceptors (Lipinski definition) is 6. The predicted octanol–water partition coefficient (Wildman–Crippen LogP) is 4.96. The summed E-state index contributed by atoms with van der Waals surface area (Å²) in [7, 11) is -8.48. The fourth-order valence-corrected chi connectivity index (χ4v) is 9.02. The molecule has 1 aliphatic heterocycles. The third-order valence-corrected chi connectivity index (χ3v) is 11.0. The number of ketones is 1. The third-order valence-electron chi connectivity index (χ3n) is 4.89. The molecule has 0 atom stereocenters. The molecule has 0 bridgehead atoms. The molecule has 0 radical (unpaired) electrons. The van der Waals surface area contributed by atoms with Crippen LogP contribution in [0.5, 0.6) is 0 Å². The summed E-state index contributed by atoms with van der Waals surface area (Å²) in [6.45, 7) is -0.335. The molecule has 6 nitrogen and oxygen atoms in total. The summed E-state index contributed by atoms with van der Waals surface area (Å²) in [6.07, 6.45) is 3.44. The quantitative estimate of drug-likeness (QED) is 0.155. The lowest BCUT2D eigenvalue weighted by molar-refractivity contribution is -0.161. The summed E-state index contributed by atoms with van der Waals surface area (Å²) >= 11 is 3.21. The molecule has 0 amide bonds. The van der Waals surface area contributed by atoms with Crippen LogP contribution in [0.4, 0.5) is 13.2 Å². The van der Waals surface area contributed by atoms with Crippen molar-refractivity contribution in [1.29, 1.82) is 0 Å². The number of benzene rings is 1. The number of alkyl halides is 3. The van der Waals surface area contributed by atoms with Gasteiger partial charge in [-0.25, -0.2) is 12.8 Å². The molecule has 0 aliphatic carbocycles. The van der Waals surface area contributed by atoms with Crippen molar-refractivity contribution in [2.75, 3.05) is 29.2 Å². The van der Waals surface area contributed by atoms with Crippen LogP contribution in [-0.2, 0) is 23.3 Å². The number of rotatable bonds is 12. The third kappa shape index (κ3) is 7.19. The van der Waals surface area contributed by atoms with E-state index in [0.29, 0.717) is 31.0 Å². The lowest BCUT2D eigenvalue weighted by Gasteiger charge is -2.41. The Morgan fingerprint density at radius 2 is 1.66 bits per heavy atom. The first-order chi connectivity index (χ1) is 15.0. The fourth-order valence-electron chi connectivity index (χ4n) is 3.16. The van der Waals surface area contributed by atoms with Crippen molar-refractivity contribution in [3.63, 3.8) is 0 Å². The number of carbonyl (C=O) groups excluding carboxylic acids is 2. The van der Waals surface area contributed by atoms with Gasteiger partial charge < -0.3 is 4.74 Å². The molecule has 1 aromatic carbocycles. The number of hydrogen-bond donors (Lipinski definition) is 0. The van der Waals surface area contributed by atoms with Crippen LogP contribution >= 0.6 is 26.2 Å². The zero-order chi connectivity index (χ0) is 23.8. The van der Waals surface area contributed by atoms with Gasteiger partial charge in [0.25, 0.3) is 0 Å². The van der Waals surface area contributed by atoms with Crippen LogP contribution in [-0.4, -0.2) is 54.6 Å². The Labute approximate surface area is 196 Å². The maximum Gasteiger partial charge on any atom is 0.466 e. The van der Waals surface area contributed by atoms with Crippen LogP contribution in [0, 0.1) is 5.82 Å². The Balaban J connectivity index is 2.14. The molecule has 2 rings (SSSR count). The van der Waals surface area contributed by atoms with Crippen LogP contribution < -0.4 is 0 Å². The molecule has 0 N–H and O–H groups in total. The number of esters is 1. The SMILES string of the molecule is O=C(CS1(OS(=O)(=O)C(F)(F)C(=O)OCCCCCBr)CCCCC1)c1ccc(F)cc1. The molecule has 0 spiro atoms. The van der Waals surface area contributed by atoms with E-state index in [2.05, 4.69) is 20.7 Å². The molecular formula is C20H26BrF3O6S2. The second kappa shape index (κ2) is 11.8. The lowest BCUT2D eigenvalue weighted by Crippen LogP contribution is -2.42. The van der Waals surface area contributed by atoms with Crippen molar-refractivity contribution in [2.24, 2.45) is 0 Å². The van der Waals surface area contributed by atoms with Gasteiger partial charge in [-0.05, 0) is 56.4 Å². The van der Waals surface area contributed by atoms with E-state index in [9.17, 15) is 31.2 Å². The number of halogens is 4. The maximum atomic E-state index is 14.5. The Kier molecular flexibility index (Phi) is 10.0. The van der Waals surface area contributed by atoms with Crippen molar-refractivity contribution in [3.8, 4) is 0 Å². The molecule has 1 heterocycles. The molecule has 12 heteroatoms. The van der Waals surface area contributed by atoms with E-state index in [1.807, 2.05) is 0 Å². The highest BCUT2D eigenvalue weighted by atomic mass is 79.9. The standard InChI is InChI=1S/C20H26BrF3O6S2/c21-11-3-1-4-12-29-19(26)20(23,24)32(27,28)30-31(13-5-2-6-14-31)15-18(25)16-7-9-17(22)10-8-16/h7-10H,1-6,11-15H2. The monoisotopic (exact) mass is 562 g/mol. The summed E-state index contributed by atoms with van der Waals surface area (Å²) in [5.41, 5.74) is 0.125. The minimum Gasteiger partial charge on any atom is -0.460 e. The topological polar surface area (TPSA) is 86.7 Å². The average Bonchev–Trinajstić information content (AvgIpc) is 2.73. The fraction of sp³-hybridized carbons (Fsp3) is 0.600. The molecule has 1 saturated heterocycles. The summed E-state index contributed by atoms with van der Waals surface area (Å²) < 4.78 is 76.5. The smallest absolute Gasteiger partial charge is 0.460 e. The van der Waals surface area contributed by atoms with Gasteiger partial charge in [-0.2, -0.15) is 17.2 Å². The molecule has 0 saturated carbocycles. The van der Waals surface area contributed by atoms with Gasteiger partial charge >= 0.3 is 21.3 Å². The largest absolute Gasteiger partial charge is 0.466 e. The van der Waals surface area contributed by atoms with E-state index in [-0.39, 0.29) is 23.7 Å². The minimum absolute atomic E-state index is 0.125. The van der Waals surface area contributed by atoms with E-state index >= 15 is 0 Å². The van der Waals surface area contributed by atoms with Crippen LogP contribution in [0.2, 0.25) is 0 Å².